The summed E-state index contributed by atoms with van der Waals surface area (Å²) in [6.45, 7) is 3.09. The molecule has 1 heterocycles. The summed E-state index contributed by atoms with van der Waals surface area (Å²) < 4.78 is 22.2. The van der Waals surface area contributed by atoms with Gasteiger partial charge in [-0.3, -0.25) is 0 Å². The second kappa shape index (κ2) is 7.64. The molecule has 1 fully saturated rings. The number of rotatable bonds is 7. The molecule has 1 aliphatic rings. The van der Waals surface area contributed by atoms with E-state index in [1.54, 1.807) is 0 Å². The minimum atomic E-state index is -2.80. The topological polar surface area (TPSA) is 46.2 Å². The zero-order chi connectivity index (χ0) is 12.7. The van der Waals surface area contributed by atoms with Crippen molar-refractivity contribution < 1.29 is 8.42 Å². The minimum Gasteiger partial charge on any atom is -0.313 e. The molecular weight excluding hydrogens is 254 g/mol. The highest BCUT2D eigenvalue weighted by atomic mass is 32.2. The van der Waals surface area contributed by atoms with Crippen molar-refractivity contribution in [3.05, 3.63) is 0 Å². The summed E-state index contributed by atoms with van der Waals surface area (Å²) in [6, 6.07) is 0.493. The largest absolute Gasteiger partial charge is 0.313 e. The van der Waals surface area contributed by atoms with Crippen LogP contribution in [0, 0.1) is 0 Å². The van der Waals surface area contributed by atoms with Crippen LogP contribution >= 0.6 is 11.8 Å². The molecule has 5 heteroatoms. The Labute approximate surface area is 110 Å². The Kier molecular flexibility index (Phi) is 6.89. The van der Waals surface area contributed by atoms with Crippen LogP contribution in [0.5, 0.6) is 0 Å². The molecule has 1 saturated heterocycles. The predicted octanol–water partition coefficient (Wildman–Crippen LogP) is 2.08. The molecule has 1 N–H and O–H groups in total. The molecule has 0 aromatic heterocycles. The maximum Gasteiger partial charge on any atom is 0.147 e. The molecule has 1 aliphatic heterocycles. The van der Waals surface area contributed by atoms with Gasteiger partial charge in [0.1, 0.15) is 9.84 Å². The van der Waals surface area contributed by atoms with Crippen LogP contribution in [0.4, 0.5) is 0 Å². The van der Waals surface area contributed by atoms with E-state index in [4.69, 9.17) is 0 Å². The van der Waals surface area contributed by atoms with Crippen molar-refractivity contribution in [1.29, 1.82) is 0 Å². The number of nitrogens with one attached hydrogen (secondary N) is 1. The summed E-state index contributed by atoms with van der Waals surface area (Å²) in [5.41, 5.74) is 0. The lowest BCUT2D eigenvalue weighted by atomic mass is 10.0. The van der Waals surface area contributed by atoms with E-state index < -0.39 is 9.84 Å². The quantitative estimate of drug-likeness (QED) is 0.775. The van der Waals surface area contributed by atoms with Crippen LogP contribution in [0.2, 0.25) is 0 Å². The fourth-order valence-electron chi connectivity index (χ4n) is 2.33. The first kappa shape index (κ1) is 15.3. The summed E-state index contributed by atoms with van der Waals surface area (Å²) in [4.78, 5) is 0. The van der Waals surface area contributed by atoms with Crippen molar-refractivity contribution in [2.45, 2.75) is 50.3 Å². The summed E-state index contributed by atoms with van der Waals surface area (Å²) >= 11 is 2.06. The minimum absolute atomic E-state index is 0.326. The Morgan fingerprint density at radius 1 is 1.41 bits per heavy atom. The average molecular weight is 279 g/mol. The summed E-state index contributed by atoms with van der Waals surface area (Å²) in [6.07, 6.45) is 7.03. The molecule has 0 aromatic rings. The fourth-order valence-corrected chi connectivity index (χ4v) is 4.49. The fraction of sp³-hybridized carbons (Fsp3) is 1.00. The highest BCUT2D eigenvalue weighted by Gasteiger charge is 2.23. The van der Waals surface area contributed by atoms with Gasteiger partial charge in [0.2, 0.25) is 0 Å². The molecule has 2 unspecified atom stereocenters. The Morgan fingerprint density at radius 3 is 2.71 bits per heavy atom. The van der Waals surface area contributed by atoms with Crippen LogP contribution in [-0.2, 0) is 9.84 Å². The Morgan fingerprint density at radius 2 is 2.18 bits per heavy atom. The van der Waals surface area contributed by atoms with E-state index in [9.17, 15) is 8.42 Å². The number of sulfone groups is 1. The summed E-state index contributed by atoms with van der Waals surface area (Å²) in [5.74, 6) is 1.59. The Bertz CT molecular complexity index is 298. The van der Waals surface area contributed by atoms with Gasteiger partial charge in [-0.15, -0.1) is 0 Å². The van der Waals surface area contributed by atoms with Crippen LogP contribution in [0.1, 0.15) is 39.0 Å². The third-order valence-corrected chi connectivity index (χ3v) is 5.71. The van der Waals surface area contributed by atoms with Crippen LogP contribution in [0.15, 0.2) is 0 Å². The highest BCUT2D eigenvalue weighted by Crippen LogP contribution is 2.29. The van der Waals surface area contributed by atoms with Gasteiger partial charge >= 0.3 is 0 Å². The third-order valence-electron chi connectivity index (χ3n) is 3.16. The van der Waals surface area contributed by atoms with Crippen LogP contribution in [0.25, 0.3) is 0 Å². The van der Waals surface area contributed by atoms with Crippen LogP contribution < -0.4 is 5.32 Å². The lowest BCUT2D eigenvalue weighted by molar-refractivity contribution is 0.445. The number of thioether (sulfide) groups is 1. The van der Waals surface area contributed by atoms with Gasteiger partial charge in [0.05, 0.1) is 0 Å². The SMILES string of the molecule is CCNC(CCCS(C)(=O)=O)C1CCCCS1. The zero-order valence-electron chi connectivity index (χ0n) is 10.9. The standard InChI is InChI=1S/C12H25NO2S2/c1-3-13-11(7-6-10-17(2,14)15)12-8-4-5-9-16-12/h11-13H,3-10H2,1-2H3. The molecule has 0 aliphatic carbocycles. The molecule has 0 amide bonds. The summed E-state index contributed by atoms with van der Waals surface area (Å²) in [5, 5.41) is 4.21. The van der Waals surface area contributed by atoms with Gasteiger partial charge in [-0.1, -0.05) is 13.3 Å². The monoisotopic (exact) mass is 279 g/mol. The van der Waals surface area contributed by atoms with E-state index in [0.717, 1.165) is 19.4 Å². The van der Waals surface area contributed by atoms with Crippen molar-refractivity contribution in [1.82, 2.24) is 5.32 Å². The van der Waals surface area contributed by atoms with E-state index in [-0.39, 0.29) is 0 Å². The van der Waals surface area contributed by atoms with Crippen molar-refractivity contribution in [3.8, 4) is 0 Å². The second-order valence-corrected chi connectivity index (χ2v) is 8.45. The van der Waals surface area contributed by atoms with Gasteiger partial charge in [0.25, 0.3) is 0 Å². The highest BCUT2D eigenvalue weighted by molar-refractivity contribution is 8.00. The van der Waals surface area contributed by atoms with E-state index >= 15 is 0 Å². The molecule has 102 valence electrons. The molecule has 3 nitrogen and oxygen atoms in total. The molecule has 0 saturated carbocycles. The molecule has 0 spiro atoms. The Hall–Kier alpha value is 0.260. The molecule has 17 heavy (non-hydrogen) atoms. The van der Waals surface area contributed by atoms with E-state index in [1.165, 1.54) is 31.3 Å². The van der Waals surface area contributed by atoms with E-state index in [0.29, 0.717) is 17.0 Å². The first-order valence-electron chi connectivity index (χ1n) is 6.55. The lowest BCUT2D eigenvalue weighted by Gasteiger charge is -2.30. The smallest absolute Gasteiger partial charge is 0.147 e. The van der Waals surface area contributed by atoms with Gasteiger partial charge in [-0.2, -0.15) is 11.8 Å². The summed E-state index contributed by atoms with van der Waals surface area (Å²) in [7, 11) is -2.80. The molecule has 2 atom stereocenters. The van der Waals surface area contributed by atoms with Crippen LogP contribution in [0.3, 0.4) is 0 Å². The van der Waals surface area contributed by atoms with E-state index in [1.807, 2.05) is 0 Å². The number of hydrogen-bond acceptors (Lipinski definition) is 4. The zero-order valence-corrected chi connectivity index (χ0v) is 12.6. The number of hydrogen-bond donors (Lipinski definition) is 1. The van der Waals surface area contributed by atoms with Gasteiger partial charge < -0.3 is 5.32 Å². The van der Waals surface area contributed by atoms with Gasteiger partial charge in [-0.05, 0) is 38.0 Å². The molecule has 0 aromatic carbocycles. The lowest BCUT2D eigenvalue weighted by Crippen LogP contribution is -2.39. The Balaban J connectivity index is 2.36. The van der Waals surface area contributed by atoms with E-state index in [2.05, 4.69) is 24.0 Å². The van der Waals surface area contributed by atoms with Gasteiger partial charge in [0.15, 0.2) is 0 Å². The molecule has 0 radical (unpaired) electrons. The molecule has 0 bridgehead atoms. The third kappa shape index (κ3) is 6.67. The van der Waals surface area contributed by atoms with Crippen LogP contribution in [-0.4, -0.2) is 44.0 Å². The van der Waals surface area contributed by atoms with Crippen molar-refractivity contribution >= 4 is 21.6 Å². The average Bonchev–Trinajstić information content (AvgIpc) is 2.27. The first-order chi connectivity index (χ1) is 8.03. The molecule has 1 rings (SSSR count). The van der Waals surface area contributed by atoms with Crippen molar-refractivity contribution in [2.24, 2.45) is 0 Å². The van der Waals surface area contributed by atoms with Gasteiger partial charge in [-0.25, -0.2) is 8.42 Å². The maximum absolute atomic E-state index is 11.1. The maximum atomic E-state index is 11.1. The molecular formula is C12H25NO2S2. The van der Waals surface area contributed by atoms with Crippen molar-refractivity contribution in [3.63, 3.8) is 0 Å². The second-order valence-electron chi connectivity index (χ2n) is 4.84. The first-order valence-corrected chi connectivity index (χ1v) is 9.66. The predicted molar refractivity (Wildman–Crippen MR) is 76.5 cm³/mol. The van der Waals surface area contributed by atoms with Gasteiger partial charge in [0, 0.05) is 23.3 Å². The normalized spacial score (nSPS) is 23.5. The van der Waals surface area contributed by atoms with Crippen molar-refractivity contribution in [2.75, 3.05) is 24.3 Å².